The number of carbonyl (C=O) groups excluding carboxylic acids is 1. The Morgan fingerprint density at radius 1 is 1.23 bits per heavy atom. The van der Waals surface area contributed by atoms with Crippen LogP contribution in [0.3, 0.4) is 0 Å². The second kappa shape index (κ2) is 8.33. The molecule has 0 aliphatic heterocycles. The molecular formula is C19H14BrFN2O2S. The van der Waals surface area contributed by atoms with E-state index in [0.717, 1.165) is 9.37 Å². The van der Waals surface area contributed by atoms with Crippen LogP contribution in [0.5, 0.6) is 0 Å². The topological polar surface area (TPSA) is 54.6 Å². The first-order valence-electron chi connectivity index (χ1n) is 7.65. The van der Waals surface area contributed by atoms with Crippen molar-refractivity contribution >= 4 is 39.8 Å². The number of hydrogen-bond acceptors (Lipinski definition) is 4. The maximum absolute atomic E-state index is 13.5. The van der Waals surface area contributed by atoms with Crippen LogP contribution in [0.2, 0.25) is 0 Å². The summed E-state index contributed by atoms with van der Waals surface area (Å²) in [4.78, 5) is 12.9. The van der Waals surface area contributed by atoms with Gasteiger partial charge in [-0.3, -0.25) is 4.79 Å². The summed E-state index contributed by atoms with van der Waals surface area (Å²) < 4.78 is 20.0. The van der Waals surface area contributed by atoms with Gasteiger partial charge in [0.25, 0.3) is 5.91 Å². The van der Waals surface area contributed by atoms with Crippen molar-refractivity contribution < 1.29 is 13.6 Å². The smallest absolute Gasteiger partial charge is 0.274 e. The highest BCUT2D eigenvalue weighted by Gasteiger charge is 2.11. The summed E-state index contributed by atoms with van der Waals surface area (Å²) in [6.45, 7) is 2.03. The molecule has 0 aliphatic rings. The zero-order valence-electron chi connectivity index (χ0n) is 13.7. The van der Waals surface area contributed by atoms with E-state index in [0.29, 0.717) is 10.9 Å². The first-order valence-corrected chi connectivity index (χ1v) is 9.25. The molecule has 3 rings (SSSR count). The average Bonchev–Trinajstić information content (AvgIpc) is 2.96. The van der Waals surface area contributed by atoms with E-state index in [1.807, 2.05) is 31.2 Å². The Morgan fingerprint density at radius 3 is 2.69 bits per heavy atom. The molecule has 2 aromatic carbocycles. The third-order valence-electron chi connectivity index (χ3n) is 3.38. The maximum atomic E-state index is 13.5. The lowest BCUT2D eigenvalue weighted by Gasteiger charge is -2.00. The molecule has 1 aromatic heterocycles. The Morgan fingerprint density at radius 2 is 1.96 bits per heavy atom. The lowest BCUT2D eigenvalue weighted by atomic mass is 10.2. The van der Waals surface area contributed by atoms with E-state index in [1.165, 1.54) is 41.7 Å². The third kappa shape index (κ3) is 4.62. The fourth-order valence-electron chi connectivity index (χ4n) is 2.08. The summed E-state index contributed by atoms with van der Waals surface area (Å²) in [5, 5.41) is 4.49. The van der Waals surface area contributed by atoms with Crippen molar-refractivity contribution in [2.24, 2.45) is 5.10 Å². The van der Waals surface area contributed by atoms with E-state index in [1.54, 1.807) is 12.1 Å². The van der Waals surface area contributed by atoms with Crippen molar-refractivity contribution in [1.82, 2.24) is 5.43 Å². The quantitative estimate of drug-likeness (QED) is 0.433. The summed E-state index contributed by atoms with van der Waals surface area (Å²) >= 11 is 4.91. The highest BCUT2D eigenvalue weighted by molar-refractivity contribution is 9.10. The van der Waals surface area contributed by atoms with Crippen LogP contribution in [-0.4, -0.2) is 12.1 Å². The predicted molar refractivity (Wildman–Crippen MR) is 103 cm³/mol. The molecule has 3 aromatic rings. The number of carbonyl (C=O) groups is 1. The molecule has 1 N–H and O–H groups in total. The Labute approximate surface area is 162 Å². The summed E-state index contributed by atoms with van der Waals surface area (Å²) in [5.74, 6) is -0.766. The van der Waals surface area contributed by atoms with E-state index in [-0.39, 0.29) is 5.56 Å². The van der Waals surface area contributed by atoms with Gasteiger partial charge in [-0.15, -0.1) is 0 Å². The zero-order chi connectivity index (χ0) is 18.5. The van der Waals surface area contributed by atoms with Crippen LogP contribution < -0.4 is 5.43 Å². The van der Waals surface area contributed by atoms with Crippen molar-refractivity contribution in [3.05, 3.63) is 81.8 Å². The second-order valence-corrected chi connectivity index (χ2v) is 7.28. The zero-order valence-corrected chi connectivity index (χ0v) is 16.1. The van der Waals surface area contributed by atoms with Crippen LogP contribution in [0.1, 0.15) is 21.7 Å². The van der Waals surface area contributed by atoms with E-state index in [9.17, 15) is 9.18 Å². The number of rotatable bonds is 5. The molecular weight excluding hydrogens is 419 g/mol. The van der Waals surface area contributed by atoms with Crippen LogP contribution in [0.4, 0.5) is 4.39 Å². The highest BCUT2D eigenvalue weighted by Crippen LogP contribution is 2.35. The first kappa shape index (κ1) is 18.4. The number of amides is 1. The van der Waals surface area contributed by atoms with E-state index >= 15 is 0 Å². The largest absolute Gasteiger partial charge is 0.447 e. The van der Waals surface area contributed by atoms with Gasteiger partial charge in [-0.25, -0.2) is 9.82 Å². The molecule has 132 valence electrons. The molecule has 0 bridgehead atoms. The molecule has 0 radical (unpaired) electrons. The minimum Gasteiger partial charge on any atom is -0.447 e. The molecule has 7 heteroatoms. The van der Waals surface area contributed by atoms with Gasteiger partial charge in [0.2, 0.25) is 0 Å². The summed E-state index contributed by atoms with van der Waals surface area (Å²) in [6, 6.07) is 15.5. The number of nitrogens with one attached hydrogen (secondary N) is 1. The van der Waals surface area contributed by atoms with Crippen molar-refractivity contribution in [1.29, 1.82) is 0 Å². The monoisotopic (exact) mass is 432 g/mol. The van der Waals surface area contributed by atoms with Gasteiger partial charge in [-0.05, 0) is 47.1 Å². The number of nitrogens with zero attached hydrogens (tertiary/aromatic N) is 1. The van der Waals surface area contributed by atoms with Gasteiger partial charge < -0.3 is 4.42 Å². The third-order valence-corrected chi connectivity index (χ3v) is 5.23. The predicted octanol–water partition coefficient (Wildman–Crippen LogP) is 5.40. The molecule has 0 aliphatic carbocycles. The lowest BCUT2D eigenvalue weighted by molar-refractivity contribution is 0.0951. The average molecular weight is 433 g/mol. The fourth-order valence-corrected chi connectivity index (χ4v) is 3.41. The van der Waals surface area contributed by atoms with Gasteiger partial charge in [0, 0.05) is 11.0 Å². The molecule has 1 amide bonds. The van der Waals surface area contributed by atoms with Gasteiger partial charge in [0.15, 0.2) is 5.09 Å². The number of hydrogen-bond donors (Lipinski definition) is 1. The summed E-state index contributed by atoms with van der Waals surface area (Å²) in [5.41, 5.74) is 3.40. The molecule has 0 fully saturated rings. The summed E-state index contributed by atoms with van der Waals surface area (Å²) in [7, 11) is 0. The van der Waals surface area contributed by atoms with E-state index in [4.69, 9.17) is 4.42 Å². The maximum Gasteiger partial charge on any atom is 0.274 e. The number of halogens is 2. The SMILES string of the molecule is Cc1ccc(Sc2oc(/C=N\NC(=O)c3ccccc3F)cc2Br)cc1. The highest BCUT2D eigenvalue weighted by atomic mass is 79.9. The molecule has 0 spiro atoms. The van der Waals surface area contributed by atoms with Crippen molar-refractivity contribution in [3.8, 4) is 0 Å². The number of benzene rings is 2. The molecule has 0 saturated heterocycles. The van der Waals surface area contributed by atoms with Crippen LogP contribution in [0.25, 0.3) is 0 Å². The minimum absolute atomic E-state index is 0.0686. The van der Waals surface area contributed by atoms with Crippen LogP contribution in [0.15, 0.2) is 78.6 Å². The molecule has 4 nitrogen and oxygen atoms in total. The van der Waals surface area contributed by atoms with Crippen LogP contribution in [0, 0.1) is 12.7 Å². The lowest BCUT2D eigenvalue weighted by Crippen LogP contribution is -2.18. The molecule has 0 saturated carbocycles. The standard InChI is InChI=1S/C19H14BrFN2O2S/c1-12-6-8-14(9-7-12)26-19-16(20)10-13(25-19)11-22-23-18(24)15-4-2-3-5-17(15)21/h2-11H,1H3,(H,23,24)/b22-11-. The number of hydrazone groups is 1. The van der Waals surface area contributed by atoms with Gasteiger partial charge in [-0.2, -0.15) is 5.10 Å². The van der Waals surface area contributed by atoms with Gasteiger partial charge in [0.1, 0.15) is 11.6 Å². The van der Waals surface area contributed by atoms with Crippen molar-refractivity contribution in [3.63, 3.8) is 0 Å². The Kier molecular flexibility index (Phi) is 5.90. The van der Waals surface area contributed by atoms with Gasteiger partial charge >= 0.3 is 0 Å². The fraction of sp³-hybridized carbons (Fsp3) is 0.0526. The summed E-state index contributed by atoms with van der Waals surface area (Å²) in [6.07, 6.45) is 1.36. The number of furan rings is 1. The molecule has 0 unspecified atom stereocenters. The second-order valence-electron chi connectivity index (χ2n) is 5.38. The normalized spacial score (nSPS) is 11.0. The molecule has 0 atom stereocenters. The van der Waals surface area contributed by atoms with E-state index < -0.39 is 11.7 Å². The van der Waals surface area contributed by atoms with Crippen molar-refractivity contribution in [2.75, 3.05) is 0 Å². The van der Waals surface area contributed by atoms with Crippen molar-refractivity contribution in [2.45, 2.75) is 16.9 Å². The number of aryl methyl sites for hydroxylation is 1. The van der Waals surface area contributed by atoms with Gasteiger partial charge in [-0.1, -0.05) is 41.6 Å². The van der Waals surface area contributed by atoms with Crippen LogP contribution in [-0.2, 0) is 0 Å². The molecule has 1 heterocycles. The Balaban J connectivity index is 1.65. The minimum atomic E-state index is -0.626. The van der Waals surface area contributed by atoms with Gasteiger partial charge in [0.05, 0.1) is 16.3 Å². The Bertz CT molecular complexity index is 954. The first-order chi connectivity index (χ1) is 12.5. The molecule has 26 heavy (non-hydrogen) atoms. The van der Waals surface area contributed by atoms with Crippen LogP contribution >= 0.6 is 27.7 Å². The Hall–Kier alpha value is -2.38. The van der Waals surface area contributed by atoms with E-state index in [2.05, 4.69) is 26.5 Å².